The summed E-state index contributed by atoms with van der Waals surface area (Å²) in [5, 5.41) is 5.34. The van der Waals surface area contributed by atoms with Gasteiger partial charge in [-0.15, -0.1) is 0 Å². The van der Waals surface area contributed by atoms with Crippen molar-refractivity contribution in [3.63, 3.8) is 0 Å². The third-order valence-electron chi connectivity index (χ3n) is 9.51. The molecule has 3 aliphatic heterocycles. The first-order valence-electron chi connectivity index (χ1n) is 15.6. The van der Waals surface area contributed by atoms with E-state index in [-0.39, 0.29) is 35.5 Å². The molecule has 1 unspecified atom stereocenters. The number of para-hydroxylation sites is 1. The average molecular weight is 568 g/mol. The number of aryl methyl sites for hydroxylation is 1. The quantitative estimate of drug-likeness (QED) is 0.443. The van der Waals surface area contributed by atoms with Crippen LogP contribution < -0.4 is 15.0 Å². The number of nitrogens with one attached hydrogen (secondary N) is 1. The first-order chi connectivity index (χ1) is 20.5. The highest BCUT2D eigenvalue weighted by Crippen LogP contribution is 2.38. The smallest absolute Gasteiger partial charge is 0.228 e. The van der Waals surface area contributed by atoms with E-state index in [9.17, 15) is 14.4 Å². The molecule has 1 N–H and O–H groups in total. The number of anilines is 1. The zero-order valence-corrected chi connectivity index (χ0v) is 24.4. The molecule has 1 spiro atoms. The van der Waals surface area contributed by atoms with E-state index in [4.69, 9.17) is 4.74 Å². The van der Waals surface area contributed by atoms with Gasteiger partial charge in [0.15, 0.2) is 0 Å². The van der Waals surface area contributed by atoms with Crippen molar-refractivity contribution in [3.05, 3.63) is 72.3 Å². The molecule has 3 aromatic carbocycles. The van der Waals surface area contributed by atoms with Gasteiger partial charge in [-0.05, 0) is 67.0 Å². The molecular weight excluding hydrogens is 526 g/mol. The largest absolute Gasteiger partial charge is 0.493 e. The van der Waals surface area contributed by atoms with E-state index in [1.807, 2.05) is 59.5 Å². The maximum Gasteiger partial charge on any atom is 0.228 e. The van der Waals surface area contributed by atoms with E-state index in [2.05, 4.69) is 17.4 Å². The van der Waals surface area contributed by atoms with Gasteiger partial charge in [-0.2, -0.15) is 0 Å². The molecule has 3 aromatic rings. The van der Waals surface area contributed by atoms with Crippen molar-refractivity contribution in [1.29, 1.82) is 0 Å². The van der Waals surface area contributed by atoms with E-state index in [0.717, 1.165) is 60.7 Å². The number of fused-ring (bicyclic) bond motifs is 2. The van der Waals surface area contributed by atoms with Gasteiger partial charge in [-0.25, -0.2) is 0 Å². The first-order valence-corrected chi connectivity index (χ1v) is 15.6. The molecular formula is C35H41N3O4. The van der Waals surface area contributed by atoms with Crippen LogP contribution in [0.1, 0.15) is 56.9 Å². The van der Waals surface area contributed by atoms with Crippen molar-refractivity contribution in [3.8, 4) is 5.75 Å². The van der Waals surface area contributed by atoms with Crippen LogP contribution in [-0.2, 0) is 20.8 Å². The molecule has 2 saturated heterocycles. The first kappa shape index (κ1) is 28.3. The summed E-state index contributed by atoms with van der Waals surface area (Å²) in [4.78, 5) is 43.2. The maximum absolute atomic E-state index is 13.7. The van der Waals surface area contributed by atoms with Gasteiger partial charge in [-0.1, -0.05) is 61.0 Å². The third-order valence-corrected chi connectivity index (χ3v) is 9.51. The number of hydrogen-bond donors (Lipinski definition) is 1. The van der Waals surface area contributed by atoms with Gasteiger partial charge >= 0.3 is 0 Å². The molecule has 0 radical (unpaired) electrons. The normalized spacial score (nSPS) is 21.9. The number of ether oxygens (including phenoxy) is 1. The second kappa shape index (κ2) is 12.6. The minimum atomic E-state index is -0.323. The number of amides is 3. The Morgan fingerprint density at radius 1 is 0.857 bits per heavy atom. The van der Waals surface area contributed by atoms with Crippen molar-refractivity contribution in [1.82, 2.24) is 10.2 Å². The van der Waals surface area contributed by atoms with Gasteiger partial charge in [-0.3, -0.25) is 14.4 Å². The predicted octanol–water partition coefficient (Wildman–Crippen LogP) is 5.50. The Bertz CT molecular complexity index is 1440. The van der Waals surface area contributed by atoms with Crippen molar-refractivity contribution >= 4 is 34.2 Å². The molecule has 7 nitrogen and oxygen atoms in total. The lowest BCUT2D eigenvalue weighted by atomic mass is 9.74. The zero-order valence-electron chi connectivity index (χ0n) is 24.4. The Kier molecular flexibility index (Phi) is 8.45. The van der Waals surface area contributed by atoms with Gasteiger partial charge in [0, 0.05) is 44.4 Å². The number of carbonyl (C=O) groups excluding carboxylic acids is 3. The lowest BCUT2D eigenvalue weighted by Gasteiger charge is -2.43. The molecule has 220 valence electrons. The zero-order chi connectivity index (χ0) is 28.9. The number of carbonyl (C=O) groups is 3. The molecule has 3 aliphatic rings. The summed E-state index contributed by atoms with van der Waals surface area (Å²) in [7, 11) is 0. The molecule has 0 bridgehead atoms. The van der Waals surface area contributed by atoms with Gasteiger partial charge in [0.1, 0.15) is 5.75 Å². The summed E-state index contributed by atoms with van der Waals surface area (Å²) in [5.41, 5.74) is 2.11. The van der Waals surface area contributed by atoms with Crippen LogP contribution in [0.25, 0.3) is 10.8 Å². The Labute approximate surface area is 248 Å². The monoisotopic (exact) mass is 567 g/mol. The molecule has 7 heteroatoms. The van der Waals surface area contributed by atoms with E-state index in [1.54, 1.807) is 4.90 Å². The van der Waals surface area contributed by atoms with Crippen LogP contribution >= 0.6 is 0 Å². The Morgan fingerprint density at radius 3 is 2.52 bits per heavy atom. The van der Waals surface area contributed by atoms with Crippen molar-refractivity contribution in [2.45, 2.75) is 57.8 Å². The van der Waals surface area contributed by atoms with Crippen molar-refractivity contribution < 1.29 is 19.1 Å². The number of benzene rings is 3. The second-order valence-electron chi connectivity index (χ2n) is 12.3. The summed E-state index contributed by atoms with van der Waals surface area (Å²) in [6.45, 7) is 2.96. The van der Waals surface area contributed by atoms with Gasteiger partial charge < -0.3 is 19.9 Å². The minimum Gasteiger partial charge on any atom is -0.493 e. The van der Waals surface area contributed by atoms with Crippen LogP contribution in [0.5, 0.6) is 5.75 Å². The molecule has 0 aromatic heterocycles. The summed E-state index contributed by atoms with van der Waals surface area (Å²) < 4.78 is 5.98. The molecule has 3 amide bonds. The summed E-state index contributed by atoms with van der Waals surface area (Å²) >= 11 is 0. The molecule has 0 saturated carbocycles. The maximum atomic E-state index is 13.7. The highest BCUT2D eigenvalue weighted by molar-refractivity contribution is 6.07. The van der Waals surface area contributed by atoms with E-state index < -0.39 is 0 Å². The van der Waals surface area contributed by atoms with Crippen LogP contribution in [0, 0.1) is 11.3 Å². The molecule has 0 aliphatic carbocycles. The lowest BCUT2D eigenvalue weighted by molar-refractivity contribution is -0.138. The molecule has 1 atom stereocenters. The van der Waals surface area contributed by atoms with Gasteiger partial charge in [0.05, 0.1) is 18.2 Å². The van der Waals surface area contributed by atoms with Crippen LogP contribution in [0.2, 0.25) is 0 Å². The highest BCUT2D eigenvalue weighted by atomic mass is 16.5. The molecule has 3 heterocycles. The Hall–Kier alpha value is -3.87. The fraction of sp³-hybridized carbons (Fsp3) is 0.457. The standard InChI is InChI=1S/C35H41N3O4/c39-32-16-8-22-42-31-15-4-2-10-27(31)11-5-6-17-35(25-36-32)18-20-37(21-19-35)34(41)28-23-33(40)38(24-28)30-14-7-12-26-9-1-3-13-29(26)30/h1-4,7,9-10,12-15,28H,5-6,8,11,16-25H2,(H,36,39). The fourth-order valence-electron chi connectivity index (χ4n) is 6.98. The second-order valence-corrected chi connectivity index (χ2v) is 12.3. The molecule has 42 heavy (non-hydrogen) atoms. The number of hydrogen-bond acceptors (Lipinski definition) is 4. The number of likely N-dealkylation sites (tertiary alicyclic amines) is 1. The van der Waals surface area contributed by atoms with Crippen LogP contribution in [0.15, 0.2) is 66.7 Å². The number of piperidine rings is 1. The molecule has 2 fully saturated rings. The number of rotatable bonds is 2. The van der Waals surface area contributed by atoms with Gasteiger partial charge in [0.25, 0.3) is 0 Å². The van der Waals surface area contributed by atoms with Crippen molar-refractivity contribution in [2.75, 3.05) is 37.7 Å². The van der Waals surface area contributed by atoms with E-state index in [0.29, 0.717) is 45.6 Å². The van der Waals surface area contributed by atoms with Crippen LogP contribution in [0.4, 0.5) is 5.69 Å². The lowest BCUT2D eigenvalue weighted by Crippen LogP contribution is -2.49. The summed E-state index contributed by atoms with van der Waals surface area (Å²) in [6.07, 6.45) is 7.25. The van der Waals surface area contributed by atoms with Crippen molar-refractivity contribution in [2.24, 2.45) is 11.3 Å². The fourth-order valence-corrected chi connectivity index (χ4v) is 6.98. The molecule has 6 rings (SSSR count). The Morgan fingerprint density at radius 2 is 1.64 bits per heavy atom. The third kappa shape index (κ3) is 6.15. The highest BCUT2D eigenvalue weighted by Gasteiger charge is 2.41. The Balaban J connectivity index is 1.09. The SMILES string of the molecule is O=C1CCCOc2ccccc2CCCCC2(CCN(C(=O)C3CC(=O)N(c4cccc5ccccc45)C3)CC2)CN1. The average Bonchev–Trinajstić information content (AvgIpc) is 3.41. The van der Waals surface area contributed by atoms with Crippen LogP contribution in [0.3, 0.4) is 0 Å². The predicted molar refractivity (Wildman–Crippen MR) is 164 cm³/mol. The minimum absolute atomic E-state index is 0.00689. The topological polar surface area (TPSA) is 79.0 Å². The van der Waals surface area contributed by atoms with Crippen LogP contribution in [-0.4, -0.2) is 55.4 Å². The summed E-state index contributed by atoms with van der Waals surface area (Å²) in [6, 6.07) is 22.3. The number of nitrogens with zero attached hydrogens (tertiary/aromatic N) is 2. The van der Waals surface area contributed by atoms with E-state index >= 15 is 0 Å². The van der Waals surface area contributed by atoms with E-state index in [1.165, 1.54) is 5.56 Å². The summed E-state index contributed by atoms with van der Waals surface area (Å²) in [5.74, 6) is 0.776. The van der Waals surface area contributed by atoms with Gasteiger partial charge in [0.2, 0.25) is 17.7 Å².